The first-order chi connectivity index (χ1) is 14.7. The minimum atomic E-state index is -4.38. The predicted octanol–water partition coefficient (Wildman–Crippen LogP) is 3.70. The van der Waals surface area contributed by atoms with Gasteiger partial charge in [0.25, 0.3) is 0 Å². The normalized spacial score (nSPS) is 18.9. The van der Waals surface area contributed by atoms with Gasteiger partial charge in [0.15, 0.2) is 0 Å². The lowest BCUT2D eigenvalue weighted by Crippen LogP contribution is -2.50. The van der Waals surface area contributed by atoms with Gasteiger partial charge < -0.3 is 20.3 Å². The number of halogens is 3. The molecule has 31 heavy (non-hydrogen) atoms. The zero-order chi connectivity index (χ0) is 22.9. The molecular formula is C22H35F3N4O2. The number of nitrogens with zero attached hydrogens (tertiary/aromatic N) is 3. The Morgan fingerprint density at radius 2 is 1.84 bits per heavy atom. The number of carbonyl (C=O) groups is 1. The number of nitrogens with two attached hydrogens (primary N) is 1. The molecule has 2 unspecified atom stereocenters. The summed E-state index contributed by atoms with van der Waals surface area (Å²) >= 11 is 0. The lowest BCUT2D eigenvalue weighted by atomic mass is 9.96. The Hall–Kier alpha value is -1.87. The SMILES string of the molecule is C1CCOC1.CCC(CCC(C)N)C(=O)N1CCN(c2cc(C(F)(F)F)ccn2)CC1. The molecule has 176 valence electrons. The van der Waals surface area contributed by atoms with E-state index in [1.54, 1.807) is 9.80 Å². The van der Waals surface area contributed by atoms with Crippen molar-refractivity contribution in [2.24, 2.45) is 11.7 Å². The molecule has 0 bridgehead atoms. The maximum atomic E-state index is 12.9. The van der Waals surface area contributed by atoms with Crippen molar-refractivity contribution >= 4 is 11.7 Å². The smallest absolute Gasteiger partial charge is 0.381 e. The van der Waals surface area contributed by atoms with Crippen LogP contribution in [0.4, 0.5) is 19.0 Å². The molecule has 0 aliphatic carbocycles. The van der Waals surface area contributed by atoms with Gasteiger partial charge >= 0.3 is 6.18 Å². The molecule has 2 aliphatic heterocycles. The van der Waals surface area contributed by atoms with Crippen molar-refractivity contribution in [1.82, 2.24) is 9.88 Å². The van der Waals surface area contributed by atoms with Crippen molar-refractivity contribution in [2.45, 2.75) is 58.2 Å². The molecule has 0 aromatic carbocycles. The highest BCUT2D eigenvalue weighted by Crippen LogP contribution is 2.31. The summed E-state index contributed by atoms with van der Waals surface area (Å²) < 4.78 is 43.5. The van der Waals surface area contributed by atoms with Crippen LogP contribution in [0.1, 0.15) is 51.5 Å². The van der Waals surface area contributed by atoms with Crippen LogP contribution in [0.25, 0.3) is 0 Å². The first kappa shape index (κ1) is 25.4. The fourth-order valence-electron chi connectivity index (χ4n) is 3.66. The number of ether oxygens (including phenoxy) is 1. The maximum Gasteiger partial charge on any atom is 0.416 e. The predicted molar refractivity (Wildman–Crippen MR) is 115 cm³/mol. The van der Waals surface area contributed by atoms with Crippen LogP contribution in [0.3, 0.4) is 0 Å². The number of pyridine rings is 1. The molecule has 1 amide bonds. The van der Waals surface area contributed by atoms with Gasteiger partial charge in [-0.15, -0.1) is 0 Å². The van der Waals surface area contributed by atoms with Gasteiger partial charge in [-0.05, 0) is 51.2 Å². The first-order valence-electron chi connectivity index (χ1n) is 11.1. The Kier molecular flexibility index (Phi) is 10.0. The van der Waals surface area contributed by atoms with Crippen molar-refractivity contribution in [3.05, 3.63) is 23.9 Å². The zero-order valence-corrected chi connectivity index (χ0v) is 18.5. The van der Waals surface area contributed by atoms with Crippen molar-refractivity contribution < 1.29 is 22.7 Å². The number of amides is 1. The van der Waals surface area contributed by atoms with Crippen LogP contribution >= 0.6 is 0 Å². The summed E-state index contributed by atoms with van der Waals surface area (Å²) in [6.45, 7) is 7.86. The van der Waals surface area contributed by atoms with Crippen molar-refractivity contribution in [1.29, 1.82) is 0 Å². The molecule has 2 fully saturated rings. The average Bonchev–Trinajstić information content (AvgIpc) is 3.34. The minimum Gasteiger partial charge on any atom is -0.381 e. The molecule has 2 atom stereocenters. The summed E-state index contributed by atoms with van der Waals surface area (Å²) in [4.78, 5) is 20.3. The number of hydrogen-bond donors (Lipinski definition) is 1. The number of anilines is 1. The summed E-state index contributed by atoms with van der Waals surface area (Å²) in [7, 11) is 0. The van der Waals surface area contributed by atoms with E-state index in [1.807, 2.05) is 13.8 Å². The van der Waals surface area contributed by atoms with E-state index in [1.165, 1.54) is 19.0 Å². The van der Waals surface area contributed by atoms with E-state index >= 15 is 0 Å². The lowest BCUT2D eigenvalue weighted by molar-refractivity contribution is -0.137. The number of aromatic nitrogens is 1. The molecular weight excluding hydrogens is 409 g/mol. The van der Waals surface area contributed by atoms with Gasteiger partial charge in [0.05, 0.1) is 5.56 Å². The van der Waals surface area contributed by atoms with Crippen LogP contribution in [0.2, 0.25) is 0 Å². The van der Waals surface area contributed by atoms with Gasteiger partial charge in [0.2, 0.25) is 5.91 Å². The number of alkyl halides is 3. The number of hydrogen-bond acceptors (Lipinski definition) is 5. The van der Waals surface area contributed by atoms with Crippen molar-refractivity contribution in [2.75, 3.05) is 44.3 Å². The van der Waals surface area contributed by atoms with Crippen LogP contribution in [0.5, 0.6) is 0 Å². The second-order valence-corrected chi connectivity index (χ2v) is 8.19. The third-order valence-corrected chi connectivity index (χ3v) is 5.63. The molecule has 0 spiro atoms. The Balaban J connectivity index is 0.000000597. The van der Waals surface area contributed by atoms with Crippen LogP contribution in [-0.2, 0) is 15.7 Å². The van der Waals surface area contributed by atoms with E-state index in [-0.39, 0.29) is 17.9 Å². The van der Waals surface area contributed by atoms with E-state index in [9.17, 15) is 18.0 Å². The second-order valence-electron chi connectivity index (χ2n) is 8.19. The van der Waals surface area contributed by atoms with Crippen molar-refractivity contribution in [3.63, 3.8) is 0 Å². The van der Waals surface area contributed by atoms with Gasteiger partial charge in [0, 0.05) is 57.5 Å². The summed E-state index contributed by atoms with van der Waals surface area (Å²) in [6.07, 6.45) is 1.68. The highest BCUT2D eigenvalue weighted by molar-refractivity contribution is 5.79. The zero-order valence-electron chi connectivity index (χ0n) is 18.5. The molecule has 2 saturated heterocycles. The summed E-state index contributed by atoms with van der Waals surface area (Å²) in [5.41, 5.74) is 5.08. The van der Waals surface area contributed by atoms with Crippen LogP contribution in [0, 0.1) is 5.92 Å². The van der Waals surface area contributed by atoms with Crippen LogP contribution in [0.15, 0.2) is 18.3 Å². The van der Waals surface area contributed by atoms with Gasteiger partial charge in [-0.3, -0.25) is 4.79 Å². The minimum absolute atomic E-state index is 0.0424. The molecule has 1 aromatic rings. The fraction of sp³-hybridized carbons (Fsp3) is 0.727. The number of rotatable bonds is 6. The Bertz CT molecular complexity index is 665. The van der Waals surface area contributed by atoms with E-state index in [0.717, 1.165) is 44.6 Å². The molecule has 6 nitrogen and oxygen atoms in total. The van der Waals surface area contributed by atoms with Gasteiger partial charge in [-0.2, -0.15) is 13.2 Å². The van der Waals surface area contributed by atoms with Gasteiger partial charge in [-0.1, -0.05) is 6.92 Å². The standard InChI is InChI=1S/C18H27F3N4O.C4H8O/c1-3-14(5-4-13(2)22)17(26)25-10-8-24(9-11-25)16-12-15(6-7-23-16)18(19,20)21;1-2-4-5-3-1/h6-7,12-14H,3-5,8-11,22H2,1-2H3;1-4H2. The highest BCUT2D eigenvalue weighted by atomic mass is 19.4. The molecule has 3 rings (SSSR count). The van der Waals surface area contributed by atoms with E-state index in [2.05, 4.69) is 4.98 Å². The first-order valence-corrected chi connectivity index (χ1v) is 11.1. The number of piperazine rings is 1. The van der Waals surface area contributed by atoms with Crippen molar-refractivity contribution in [3.8, 4) is 0 Å². The molecule has 9 heteroatoms. The monoisotopic (exact) mass is 444 g/mol. The van der Waals surface area contributed by atoms with Gasteiger partial charge in [0.1, 0.15) is 5.82 Å². The Morgan fingerprint density at radius 1 is 1.19 bits per heavy atom. The Labute approximate surface area is 182 Å². The maximum absolute atomic E-state index is 12.9. The summed E-state index contributed by atoms with van der Waals surface area (Å²) in [6, 6.07) is 2.10. The molecule has 1 aromatic heterocycles. The highest BCUT2D eigenvalue weighted by Gasteiger charge is 2.32. The quantitative estimate of drug-likeness (QED) is 0.725. The van der Waals surface area contributed by atoms with Crippen LogP contribution in [-0.4, -0.2) is 61.2 Å². The van der Waals surface area contributed by atoms with Crippen LogP contribution < -0.4 is 10.6 Å². The summed E-state index contributed by atoms with van der Waals surface area (Å²) in [5, 5.41) is 0. The fourth-order valence-corrected chi connectivity index (χ4v) is 3.66. The number of carbonyl (C=O) groups excluding carboxylic acids is 1. The Morgan fingerprint density at radius 3 is 2.32 bits per heavy atom. The van der Waals surface area contributed by atoms with E-state index < -0.39 is 11.7 Å². The van der Waals surface area contributed by atoms with E-state index in [4.69, 9.17) is 10.5 Å². The largest absolute Gasteiger partial charge is 0.416 e. The molecule has 0 radical (unpaired) electrons. The molecule has 3 heterocycles. The average molecular weight is 445 g/mol. The van der Waals surface area contributed by atoms with Gasteiger partial charge in [-0.25, -0.2) is 4.98 Å². The summed E-state index contributed by atoms with van der Waals surface area (Å²) in [5.74, 6) is 0.375. The third-order valence-electron chi connectivity index (χ3n) is 5.63. The molecule has 2 N–H and O–H groups in total. The van der Waals surface area contributed by atoms with E-state index in [0.29, 0.717) is 32.0 Å². The third kappa shape index (κ3) is 8.29. The second kappa shape index (κ2) is 12.2. The lowest BCUT2D eigenvalue weighted by Gasteiger charge is -2.37. The topological polar surface area (TPSA) is 71.7 Å². The molecule has 0 saturated carbocycles. The molecule has 2 aliphatic rings.